The second-order valence-corrected chi connectivity index (χ2v) is 27.7. The monoisotopic (exact) mass is 1710 g/mol. The van der Waals surface area contributed by atoms with Crippen LogP contribution in [0, 0.1) is 62.8 Å². The highest BCUT2D eigenvalue weighted by Gasteiger charge is 2.62. The predicted octanol–water partition coefficient (Wildman–Crippen LogP) is 6.48. The second kappa shape index (κ2) is 40.7. The number of aromatic nitrogens is 4. The number of hydrogen-bond acceptors (Lipinski definition) is 23. The van der Waals surface area contributed by atoms with Gasteiger partial charge in [-0.2, -0.15) is 0 Å². The summed E-state index contributed by atoms with van der Waals surface area (Å²) in [5, 5.41) is 35.9. The number of ketones is 5. The van der Waals surface area contributed by atoms with E-state index >= 15 is 0 Å². The summed E-state index contributed by atoms with van der Waals surface area (Å²) >= 11 is 0. The quantitative estimate of drug-likeness (QED) is 0.00818. The number of carboxylic acid groups (broad SMARTS) is 3. The van der Waals surface area contributed by atoms with Gasteiger partial charge in [0.15, 0.2) is 23.3 Å². The van der Waals surface area contributed by atoms with Crippen molar-refractivity contribution in [3.05, 3.63) is 150 Å². The Morgan fingerprint density at radius 3 is 1.21 bits per heavy atom. The molecule has 1 saturated carbocycles. The maximum Gasteiger partial charge on any atom is 0.396 e. The number of ether oxygens (including phenoxy) is 5. The number of carbonyl (C=O) groups is 18. The SMILES string of the molecule is CC#CC(=O)C(=O)OCC.CCOC(=O)C(=O)c1c(C)c(C(=O)OC)n2c1CCC2.CNC(=O)C1(NC(=O)C(=O)c2c(C)c(C(=O)Nc3ccc(F)c(F)c3)n3c2CCC3)CC(F)(F)C1.COC(=O)C(=O)N1CCC[C@H]1C(=O)O.COC(=O)c1c(C)c(C(=O)C(=O)O)c2n1CCC2.Cc1c(C(=O)C(=O)O)c2n(c1C(=O)Nc1ccc(F)c(F)c1)CCC2. The van der Waals surface area contributed by atoms with Crippen molar-refractivity contribution < 1.29 is 152 Å². The minimum Gasteiger partial charge on any atom is -0.480 e. The fourth-order valence-electron chi connectivity index (χ4n) is 15.0. The number of anilines is 2. The fraction of sp³-hybridized carbons (Fsp3) is 0.407. The van der Waals surface area contributed by atoms with Gasteiger partial charge in [0, 0.05) is 98.9 Å². The van der Waals surface area contributed by atoms with Crippen LogP contribution in [0.25, 0.3) is 0 Å². The molecule has 652 valence electrons. The number of likely N-dealkylation sites (tertiary alicyclic amines) is 1. The molecule has 0 unspecified atom stereocenters. The summed E-state index contributed by atoms with van der Waals surface area (Å²) < 4.78 is 110. The number of nitrogens with one attached hydrogen (secondary N) is 4. The zero-order chi connectivity index (χ0) is 91.0. The Bertz CT molecular complexity index is 5380. The third kappa shape index (κ3) is 20.7. The number of esters is 5. The molecule has 12 rings (SSSR count). The van der Waals surface area contributed by atoms with Crippen LogP contribution in [0.3, 0.4) is 0 Å². The average molecular weight is 1710 g/mol. The summed E-state index contributed by atoms with van der Waals surface area (Å²) in [6, 6.07) is 4.89. The normalized spacial score (nSPS) is 14.6. The predicted molar refractivity (Wildman–Crippen MR) is 409 cm³/mol. The number of hydrogen-bond donors (Lipinski definition) is 7. The van der Waals surface area contributed by atoms with E-state index in [1.54, 1.807) is 46.0 Å². The van der Waals surface area contributed by atoms with Crippen LogP contribution in [0.5, 0.6) is 0 Å². The molecule has 0 bridgehead atoms. The van der Waals surface area contributed by atoms with Gasteiger partial charge in [0.05, 0.1) is 56.8 Å². The van der Waals surface area contributed by atoms with Gasteiger partial charge < -0.3 is 83.4 Å². The van der Waals surface area contributed by atoms with Gasteiger partial charge in [-0.25, -0.2) is 64.7 Å². The van der Waals surface area contributed by atoms with Crippen LogP contribution >= 0.6 is 0 Å². The van der Waals surface area contributed by atoms with Crippen LogP contribution in [0.15, 0.2) is 36.4 Å². The molecule has 0 radical (unpaired) electrons. The summed E-state index contributed by atoms with van der Waals surface area (Å²) in [4.78, 5) is 211. The number of carboxylic acids is 3. The summed E-state index contributed by atoms with van der Waals surface area (Å²) in [7, 11) is 4.88. The van der Waals surface area contributed by atoms with Gasteiger partial charge in [-0.1, -0.05) is 5.92 Å². The minimum atomic E-state index is -3.15. The van der Waals surface area contributed by atoms with Gasteiger partial charge in [0.25, 0.3) is 46.8 Å². The van der Waals surface area contributed by atoms with Crippen molar-refractivity contribution in [3.8, 4) is 11.8 Å². The Morgan fingerprint density at radius 1 is 0.492 bits per heavy atom. The van der Waals surface area contributed by atoms with Crippen molar-refractivity contribution in [2.24, 2.45) is 0 Å². The highest BCUT2D eigenvalue weighted by molar-refractivity contribution is 6.45. The Morgan fingerprint density at radius 2 is 0.869 bits per heavy atom. The van der Waals surface area contributed by atoms with Crippen molar-refractivity contribution in [1.29, 1.82) is 0 Å². The van der Waals surface area contributed by atoms with Gasteiger partial charge in [-0.05, 0) is 165 Å². The minimum absolute atomic E-state index is 0.00843. The Labute approximate surface area is 690 Å². The molecule has 5 aliphatic heterocycles. The molecule has 35 nitrogen and oxygen atoms in total. The number of Topliss-reactive ketones (excluding diaryl/α,β-unsaturated/α-hetero) is 5. The summed E-state index contributed by atoms with van der Waals surface area (Å²) in [5.41, 5.74) is 3.02. The lowest BCUT2D eigenvalue weighted by Gasteiger charge is -2.45. The number of nitrogens with zero attached hydrogens (tertiary/aromatic N) is 5. The van der Waals surface area contributed by atoms with Crippen molar-refractivity contribution in [3.63, 3.8) is 0 Å². The summed E-state index contributed by atoms with van der Waals surface area (Å²) in [6.07, 6.45) is 4.14. The molecule has 6 aliphatic rings. The number of benzene rings is 2. The van der Waals surface area contributed by atoms with E-state index in [1.807, 2.05) is 0 Å². The lowest BCUT2D eigenvalue weighted by Crippen LogP contribution is -2.69. The van der Waals surface area contributed by atoms with Crippen LogP contribution < -0.4 is 21.3 Å². The number of likely N-dealkylation sites (N-methyl/N-ethyl adjacent to an activating group) is 1. The maximum atomic E-state index is 13.6. The number of rotatable bonds is 20. The molecule has 1 atom stereocenters. The molecule has 2 fully saturated rings. The molecule has 41 heteroatoms. The highest BCUT2D eigenvalue weighted by Crippen LogP contribution is 2.46. The van der Waals surface area contributed by atoms with Crippen LogP contribution in [0.1, 0.15) is 201 Å². The number of aliphatic carboxylic acids is 3. The highest BCUT2D eigenvalue weighted by atomic mass is 19.3. The number of amides is 5. The number of halogens is 6. The fourth-order valence-corrected chi connectivity index (χ4v) is 15.0. The van der Waals surface area contributed by atoms with Crippen LogP contribution in [-0.2, 0) is 123 Å². The van der Waals surface area contributed by atoms with E-state index in [0.717, 1.165) is 54.8 Å². The van der Waals surface area contributed by atoms with E-state index in [0.29, 0.717) is 124 Å². The molecule has 4 aromatic heterocycles. The number of alkyl halides is 2. The van der Waals surface area contributed by atoms with E-state index in [9.17, 15) is 113 Å². The Balaban J connectivity index is 0.000000210. The molecular weight excluding hydrogens is 1630 g/mol. The first-order valence-corrected chi connectivity index (χ1v) is 37.6. The lowest BCUT2D eigenvalue weighted by atomic mass is 9.72. The molecule has 1 saturated heterocycles. The third-order valence-corrected chi connectivity index (χ3v) is 20.1. The summed E-state index contributed by atoms with van der Waals surface area (Å²) in [6.45, 7) is 13.7. The van der Waals surface area contributed by atoms with Crippen molar-refractivity contribution >= 4 is 118 Å². The first kappa shape index (κ1) is 95.3. The first-order valence-electron chi connectivity index (χ1n) is 37.6. The van der Waals surface area contributed by atoms with Crippen molar-refractivity contribution in [1.82, 2.24) is 33.8 Å². The standard InChI is InChI=1S/C23H22F4N4O4.C17H14F2N2O4.C14H17NO5.C12H13NO5.C8H11NO5.C7H8O3/c1-11-16(18(32)20(34)30-22(21(35)28-2)9-23(26,27)10-22)15-4-3-7-31(15)17(11)19(33)29-12-5-6-13(24)14(25)8-12;1-8-13(15(22)17(24)25)12-3-2-6-21(12)14(8)16(23)20-9-4-5-10(18)11(19)7-9;1-4-20-14(18)12(16)10-8(2)11(13(17)19-3)15-7-5-6-9(10)15;1-6-8(10(14)11(15)16)7-4-3-5-13(7)9(6)12(17)18-2;1-14-8(13)6(10)9-4-2-3-5(9)7(11)12;1-3-5-6(8)7(9)10-4-2/h5-6,8H,3-4,7,9-10H2,1-2H3,(H,28,35)(H,29,33)(H,30,34);4-5,7H,2-3,6H2,1H3,(H,20,23)(H,24,25);4-7H2,1-3H3;3-5H2,1-2H3,(H,15,16);5H,2-4H2,1H3,(H,11,12);4H2,1-2H3/t;;;;5-;/m....0./s1. The van der Waals surface area contributed by atoms with Gasteiger partial charge in [0.1, 0.15) is 34.4 Å². The Kier molecular flexibility index (Phi) is 31.8. The van der Waals surface area contributed by atoms with Crippen LogP contribution in [0.4, 0.5) is 37.7 Å². The summed E-state index contributed by atoms with van der Waals surface area (Å²) in [5.74, 6) is -20.0. The molecular formula is C81H85F6N9O26. The number of methoxy groups -OCH3 is 3. The van der Waals surface area contributed by atoms with Crippen LogP contribution in [0.2, 0.25) is 0 Å². The maximum absolute atomic E-state index is 13.6. The topological polar surface area (TPSA) is 485 Å². The van der Waals surface area contributed by atoms with Crippen molar-refractivity contribution in [2.75, 3.05) is 58.8 Å². The molecule has 6 aromatic rings. The first-order chi connectivity index (χ1) is 57.5. The molecule has 0 spiro atoms. The third-order valence-electron chi connectivity index (χ3n) is 20.1. The molecule has 1 aliphatic carbocycles. The molecule has 122 heavy (non-hydrogen) atoms. The number of fused-ring (bicyclic) bond motifs is 4. The van der Waals surface area contributed by atoms with Gasteiger partial charge in [0.2, 0.25) is 5.91 Å². The van der Waals surface area contributed by atoms with Gasteiger partial charge in [-0.15, -0.1) is 0 Å². The van der Waals surface area contributed by atoms with E-state index in [4.69, 9.17) is 24.8 Å². The van der Waals surface area contributed by atoms with E-state index in [2.05, 4.69) is 47.3 Å². The zero-order valence-electron chi connectivity index (χ0n) is 67.7. The van der Waals surface area contributed by atoms with E-state index < -0.39 is 160 Å². The lowest BCUT2D eigenvalue weighted by molar-refractivity contribution is -0.164. The van der Waals surface area contributed by atoms with Crippen molar-refractivity contribution in [2.45, 2.75) is 169 Å². The van der Waals surface area contributed by atoms with E-state index in [1.165, 1.54) is 54.2 Å². The Hall–Kier alpha value is -13.8. The molecule has 7 N–H and O–H groups in total. The smallest absolute Gasteiger partial charge is 0.396 e. The van der Waals surface area contributed by atoms with Gasteiger partial charge in [-0.3, -0.25) is 47.9 Å². The van der Waals surface area contributed by atoms with Gasteiger partial charge >= 0.3 is 59.4 Å². The molecule has 9 heterocycles. The zero-order valence-corrected chi connectivity index (χ0v) is 67.7. The molecule has 2 aromatic carbocycles. The number of carbonyl (C=O) groups excluding carboxylic acids is 15. The van der Waals surface area contributed by atoms with Crippen LogP contribution in [-0.4, -0.2) is 210 Å². The average Bonchev–Trinajstić information content (AvgIpc) is 1.63. The largest absolute Gasteiger partial charge is 0.480 e. The second-order valence-electron chi connectivity index (χ2n) is 27.7. The molecule has 5 amide bonds. The van der Waals surface area contributed by atoms with E-state index in [-0.39, 0.29) is 69.5 Å².